The number of carbonyl (C=O) groups is 1. The van der Waals surface area contributed by atoms with E-state index in [1.807, 2.05) is 0 Å². The molecule has 2 N–H and O–H groups in total. The average Bonchev–Trinajstić information content (AvgIpc) is 2.10. The first-order chi connectivity index (χ1) is 6.56. The van der Waals surface area contributed by atoms with E-state index in [4.69, 9.17) is 28.9 Å². The number of isocyanates is 1. The third kappa shape index (κ3) is 2.12. The summed E-state index contributed by atoms with van der Waals surface area (Å²) in [6.07, 6.45) is 1.30. The monoisotopic (exact) mass is 230 g/mol. The van der Waals surface area contributed by atoms with Gasteiger partial charge in [-0.15, -0.1) is 0 Å². The number of amides is 1. The van der Waals surface area contributed by atoms with Crippen LogP contribution in [0.5, 0.6) is 0 Å². The van der Waals surface area contributed by atoms with E-state index in [1.54, 1.807) is 0 Å². The van der Waals surface area contributed by atoms with Gasteiger partial charge in [0, 0.05) is 5.56 Å². The van der Waals surface area contributed by atoms with Crippen molar-refractivity contribution in [2.24, 2.45) is 10.7 Å². The number of rotatable bonds is 2. The van der Waals surface area contributed by atoms with E-state index < -0.39 is 5.91 Å². The Morgan fingerprint density at radius 1 is 1.36 bits per heavy atom. The Kier molecular flexibility index (Phi) is 3.25. The van der Waals surface area contributed by atoms with Gasteiger partial charge >= 0.3 is 0 Å². The van der Waals surface area contributed by atoms with Gasteiger partial charge < -0.3 is 5.73 Å². The molecular weight excluding hydrogens is 227 g/mol. The van der Waals surface area contributed by atoms with Crippen LogP contribution in [0, 0.1) is 0 Å². The Labute approximate surface area is 89.3 Å². The molecule has 0 spiro atoms. The molecule has 0 atom stereocenters. The lowest BCUT2D eigenvalue weighted by molar-refractivity contribution is 0.100. The summed E-state index contributed by atoms with van der Waals surface area (Å²) in [5, 5.41) is 0.157. The van der Waals surface area contributed by atoms with Crippen LogP contribution in [0.25, 0.3) is 0 Å². The van der Waals surface area contributed by atoms with Crippen LogP contribution in [0.15, 0.2) is 17.1 Å². The largest absolute Gasteiger partial charge is 0.366 e. The minimum atomic E-state index is -0.657. The van der Waals surface area contributed by atoms with Crippen LogP contribution in [0.1, 0.15) is 10.4 Å². The fourth-order valence-corrected chi connectivity index (χ4v) is 1.43. The lowest BCUT2D eigenvalue weighted by atomic mass is 10.2. The van der Waals surface area contributed by atoms with Crippen molar-refractivity contribution in [2.75, 3.05) is 0 Å². The molecule has 1 aromatic carbocycles. The van der Waals surface area contributed by atoms with Gasteiger partial charge in [-0.1, -0.05) is 23.2 Å². The summed E-state index contributed by atoms with van der Waals surface area (Å²) in [5.74, 6) is -0.657. The minimum Gasteiger partial charge on any atom is -0.366 e. The number of primary amides is 1. The van der Waals surface area contributed by atoms with Crippen LogP contribution in [0.3, 0.4) is 0 Å². The van der Waals surface area contributed by atoms with Crippen molar-refractivity contribution < 1.29 is 9.59 Å². The molecule has 0 aliphatic rings. The molecule has 4 nitrogen and oxygen atoms in total. The zero-order valence-electron chi connectivity index (χ0n) is 6.75. The van der Waals surface area contributed by atoms with Crippen molar-refractivity contribution in [3.63, 3.8) is 0 Å². The Morgan fingerprint density at radius 2 is 1.86 bits per heavy atom. The van der Waals surface area contributed by atoms with Crippen molar-refractivity contribution in [2.45, 2.75) is 0 Å². The second-order valence-electron chi connectivity index (χ2n) is 2.36. The van der Waals surface area contributed by atoms with Crippen LogP contribution in [0.2, 0.25) is 10.0 Å². The zero-order valence-corrected chi connectivity index (χ0v) is 8.26. The van der Waals surface area contributed by atoms with E-state index in [1.165, 1.54) is 18.2 Å². The molecule has 0 radical (unpaired) electrons. The van der Waals surface area contributed by atoms with Crippen molar-refractivity contribution >= 4 is 40.9 Å². The van der Waals surface area contributed by atoms with Gasteiger partial charge in [0.1, 0.15) is 5.69 Å². The Bertz CT molecular complexity index is 416. The van der Waals surface area contributed by atoms with E-state index in [9.17, 15) is 9.59 Å². The Balaban J connectivity index is 3.39. The van der Waals surface area contributed by atoms with E-state index in [0.29, 0.717) is 0 Å². The first-order valence-electron chi connectivity index (χ1n) is 3.43. The van der Waals surface area contributed by atoms with E-state index in [0.717, 1.165) is 0 Å². The van der Waals surface area contributed by atoms with Crippen molar-refractivity contribution in [3.8, 4) is 0 Å². The third-order valence-corrected chi connectivity index (χ3v) is 2.04. The van der Waals surface area contributed by atoms with Gasteiger partial charge in [-0.2, -0.15) is 4.99 Å². The maximum Gasteiger partial charge on any atom is 0.248 e. The normalized spacial score (nSPS) is 9.29. The number of carbonyl (C=O) groups excluding carboxylic acids is 2. The SMILES string of the molecule is NC(=O)c1cc(Cl)c(N=C=O)c(Cl)c1. The summed E-state index contributed by atoms with van der Waals surface area (Å²) >= 11 is 11.4. The highest BCUT2D eigenvalue weighted by Gasteiger charge is 2.10. The molecule has 0 saturated heterocycles. The average molecular weight is 231 g/mol. The quantitative estimate of drug-likeness (QED) is 0.624. The highest BCUT2D eigenvalue weighted by molar-refractivity contribution is 6.39. The summed E-state index contributed by atoms with van der Waals surface area (Å²) < 4.78 is 0. The molecule has 0 unspecified atom stereocenters. The molecular formula is C8H4Cl2N2O2. The van der Waals surface area contributed by atoms with Crippen molar-refractivity contribution in [1.29, 1.82) is 0 Å². The van der Waals surface area contributed by atoms with Crippen LogP contribution in [0.4, 0.5) is 5.69 Å². The number of aliphatic imine (C=N–C) groups is 1. The molecule has 6 heteroatoms. The number of nitrogens with zero attached hydrogens (tertiary/aromatic N) is 1. The van der Waals surface area contributed by atoms with Gasteiger partial charge in [-0.05, 0) is 12.1 Å². The van der Waals surface area contributed by atoms with Crippen molar-refractivity contribution in [3.05, 3.63) is 27.7 Å². The maximum absolute atomic E-state index is 10.8. The number of hydrogen-bond acceptors (Lipinski definition) is 3. The van der Waals surface area contributed by atoms with Gasteiger partial charge in [0.05, 0.1) is 10.0 Å². The van der Waals surface area contributed by atoms with Gasteiger partial charge in [-0.3, -0.25) is 4.79 Å². The van der Waals surface area contributed by atoms with E-state index in [-0.39, 0.29) is 21.3 Å². The molecule has 0 heterocycles. The highest BCUT2D eigenvalue weighted by atomic mass is 35.5. The molecule has 0 bridgehead atoms. The van der Waals surface area contributed by atoms with Crippen LogP contribution < -0.4 is 5.73 Å². The van der Waals surface area contributed by atoms with Gasteiger partial charge in [-0.25, -0.2) is 4.79 Å². The fourth-order valence-electron chi connectivity index (χ4n) is 0.860. The predicted molar refractivity (Wildman–Crippen MR) is 52.8 cm³/mol. The summed E-state index contributed by atoms with van der Waals surface area (Å²) in [5.41, 5.74) is 5.25. The topological polar surface area (TPSA) is 72.5 Å². The minimum absolute atomic E-state index is 0.0772. The standard InChI is InChI=1S/C8H4Cl2N2O2/c9-5-1-4(8(11)14)2-6(10)7(5)12-3-13/h1-2H,(H2,11,14). The number of nitrogens with two attached hydrogens (primary N) is 1. The van der Waals surface area contributed by atoms with Gasteiger partial charge in [0.15, 0.2) is 0 Å². The van der Waals surface area contributed by atoms with Crippen LogP contribution in [-0.2, 0) is 4.79 Å². The summed E-state index contributed by atoms with van der Waals surface area (Å²) in [6.45, 7) is 0. The first kappa shape index (κ1) is 10.7. The lowest BCUT2D eigenvalue weighted by Gasteiger charge is -2.01. The van der Waals surface area contributed by atoms with Crippen LogP contribution >= 0.6 is 23.2 Å². The molecule has 0 fully saturated rings. The molecule has 14 heavy (non-hydrogen) atoms. The number of halogens is 2. The number of benzene rings is 1. The number of hydrogen-bond donors (Lipinski definition) is 1. The molecule has 72 valence electrons. The van der Waals surface area contributed by atoms with Crippen LogP contribution in [-0.4, -0.2) is 12.0 Å². The molecule has 0 aliphatic carbocycles. The molecule has 0 aromatic heterocycles. The fraction of sp³-hybridized carbons (Fsp3) is 0. The van der Waals surface area contributed by atoms with Gasteiger partial charge in [0.25, 0.3) is 0 Å². The first-order valence-corrected chi connectivity index (χ1v) is 4.18. The summed E-state index contributed by atoms with van der Waals surface area (Å²) in [7, 11) is 0. The van der Waals surface area contributed by atoms with E-state index >= 15 is 0 Å². The summed E-state index contributed by atoms with van der Waals surface area (Å²) in [6, 6.07) is 2.57. The molecule has 1 aromatic rings. The van der Waals surface area contributed by atoms with Crippen molar-refractivity contribution in [1.82, 2.24) is 0 Å². The van der Waals surface area contributed by atoms with E-state index in [2.05, 4.69) is 4.99 Å². The maximum atomic E-state index is 10.8. The van der Waals surface area contributed by atoms with Gasteiger partial charge in [0.2, 0.25) is 12.0 Å². The molecule has 1 amide bonds. The smallest absolute Gasteiger partial charge is 0.248 e. The zero-order chi connectivity index (χ0) is 10.7. The summed E-state index contributed by atoms with van der Waals surface area (Å²) in [4.78, 5) is 24.1. The Hall–Kier alpha value is -1.35. The third-order valence-electron chi connectivity index (χ3n) is 1.46. The molecule has 0 saturated carbocycles. The second kappa shape index (κ2) is 4.24. The lowest BCUT2D eigenvalue weighted by Crippen LogP contribution is -2.10. The second-order valence-corrected chi connectivity index (χ2v) is 3.17. The molecule has 0 aliphatic heterocycles. The highest BCUT2D eigenvalue weighted by Crippen LogP contribution is 2.33. The molecule has 1 rings (SSSR count). The predicted octanol–water partition coefficient (Wildman–Crippen LogP) is 2.06. The Morgan fingerprint density at radius 3 is 2.21 bits per heavy atom.